The molecule has 2 atom stereocenters. The van der Waals surface area contributed by atoms with Crippen LogP contribution in [-0.4, -0.2) is 41.5 Å². The highest BCUT2D eigenvalue weighted by molar-refractivity contribution is 5.84. The summed E-state index contributed by atoms with van der Waals surface area (Å²) in [6.07, 6.45) is 3.29. The maximum Gasteiger partial charge on any atom is 0.237 e. The van der Waals surface area contributed by atoms with Crippen molar-refractivity contribution in [3.05, 3.63) is 0 Å². The number of nitrogens with zero attached hydrogens (tertiary/aromatic N) is 1. The molecule has 0 aromatic rings. The number of nitrogens with two attached hydrogens (primary N) is 1. The summed E-state index contributed by atoms with van der Waals surface area (Å²) in [5.74, 6) is 0.582. The summed E-state index contributed by atoms with van der Waals surface area (Å²) in [5.41, 5.74) is 4.98. The largest absolute Gasteiger partial charge is 0.368 e. The van der Waals surface area contributed by atoms with Gasteiger partial charge in [0, 0.05) is 12.1 Å². The van der Waals surface area contributed by atoms with Gasteiger partial charge in [-0.15, -0.1) is 0 Å². The van der Waals surface area contributed by atoms with Crippen molar-refractivity contribution in [2.45, 2.75) is 71.5 Å². The van der Waals surface area contributed by atoms with Crippen molar-refractivity contribution in [3.8, 4) is 0 Å². The number of hydrogen-bond donors (Lipinski definition) is 2. The SMILES string of the molecule is CC1CCN(C(C)CC(C)(NC(C)C)C(N)=O)CC1. The van der Waals surface area contributed by atoms with Crippen LogP contribution in [0.25, 0.3) is 0 Å². The fraction of sp³-hybridized carbons (Fsp3) is 0.933. The molecule has 1 aliphatic rings. The first kappa shape index (κ1) is 16.4. The Hall–Kier alpha value is -0.610. The molecule has 19 heavy (non-hydrogen) atoms. The van der Waals surface area contributed by atoms with Crippen LogP contribution in [0.2, 0.25) is 0 Å². The van der Waals surface area contributed by atoms with E-state index in [1.807, 2.05) is 6.92 Å². The smallest absolute Gasteiger partial charge is 0.237 e. The van der Waals surface area contributed by atoms with Gasteiger partial charge in [-0.05, 0) is 66.0 Å². The molecule has 1 fully saturated rings. The second-order valence-electron chi connectivity index (χ2n) is 6.77. The molecule has 1 saturated heterocycles. The molecule has 1 rings (SSSR count). The minimum absolute atomic E-state index is 0.251. The third kappa shape index (κ3) is 4.77. The number of carbonyl (C=O) groups excluding carboxylic acids is 1. The first-order chi connectivity index (χ1) is 8.74. The average molecular weight is 269 g/mol. The van der Waals surface area contributed by atoms with Gasteiger partial charge in [-0.1, -0.05) is 6.92 Å². The van der Waals surface area contributed by atoms with Crippen LogP contribution in [0.3, 0.4) is 0 Å². The van der Waals surface area contributed by atoms with E-state index >= 15 is 0 Å². The lowest BCUT2D eigenvalue weighted by Crippen LogP contribution is -2.58. The Kier molecular flexibility index (Phi) is 5.81. The van der Waals surface area contributed by atoms with Gasteiger partial charge in [-0.2, -0.15) is 0 Å². The summed E-state index contributed by atoms with van der Waals surface area (Å²) >= 11 is 0. The lowest BCUT2D eigenvalue weighted by molar-refractivity contribution is -0.125. The van der Waals surface area contributed by atoms with Crippen molar-refractivity contribution in [2.24, 2.45) is 11.7 Å². The van der Waals surface area contributed by atoms with Crippen LogP contribution in [0.5, 0.6) is 0 Å². The Morgan fingerprint density at radius 1 is 1.37 bits per heavy atom. The highest BCUT2D eigenvalue weighted by atomic mass is 16.1. The molecule has 0 saturated carbocycles. The Bertz CT molecular complexity index is 298. The van der Waals surface area contributed by atoms with Gasteiger partial charge >= 0.3 is 0 Å². The van der Waals surface area contributed by atoms with Crippen LogP contribution >= 0.6 is 0 Å². The predicted octanol–water partition coefficient (Wildman–Crippen LogP) is 1.74. The first-order valence-corrected chi connectivity index (χ1v) is 7.56. The minimum Gasteiger partial charge on any atom is -0.368 e. The second-order valence-corrected chi connectivity index (χ2v) is 6.77. The topological polar surface area (TPSA) is 58.4 Å². The molecule has 112 valence electrons. The Morgan fingerprint density at radius 2 is 1.89 bits per heavy atom. The zero-order valence-corrected chi connectivity index (χ0v) is 13.2. The number of rotatable bonds is 6. The summed E-state index contributed by atoms with van der Waals surface area (Å²) in [5, 5.41) is 3.33. The zero-order chi connectivity index (χ0) is 14.6. The highest BCUT2D eigenvalue weighted by Crippen LogP contribution is 2.22. The molecule has 2 unspecified atom stereocenters. The summed E-state index contributed by atoms with van der Waals surface area (Å²) in [4.78, 5) is 14.3. The molecule has 1 aliphatic heterocycles. The average Bonchev–Trinajstić information content (AvgIpc) is 2.28. The predicted molar refractivity (Wildman–Crippen MR) is 79.9 cm³/mol. The van der Waals surface area contributed by atoms with E-state index in [1.54, 1.807) is 0 Å². The summed E-state index contributed by atoms with van der Waals surface area (Å²) in [7, 11) is 0. The van der Waals surface area contributed by atoms with E-state index in [9.17, 15) is 4.79 Å². The van der Waals surface area contributed by atoms with Crippen LogP contribution in [0.15, 0.2) is 0 Å². The van der Waals surface area contributed by atoms with Gasteiger partial charge in [0.2, 0.25) is 5.91 Å². The van der Waals surface area contributed by atoms with Gasteiger partial charge in [0.15, 0.2) is 0 Å². The molecule has 4 heteroatoms. The van der Waals surface area contributed by atoms with E-state index in [4.69, 9.17) is 5.73 Å². The van der Waals surface area contributed by atoms with Crippen molar-refractivity contribution in [1.29, 1.82) is 0 Å². The third-order valence-corrected chi connectivity index (χ3v) is 4.30. The third-order valence-electron chi connectivity index (χ3n) is 4.30. The number of primary amides is 1. The van der Waals surface area contributed by atoms with Crippen molar-refractivity contribution >= 4 is 5.91 Å². The van der Waals surface area contributed by atoms with Crippen LogP contribution < -0.4 is 11.1 Å². The summed E-state index contributed by atoms with van der Waals surface area (Å²) in [6, 6.07) is 0.641. The highest BCUT2D eigenvalue weighted by Gasteiger charge is 2.35. The van der Waals surface area contributed by atoms with E-state index in [0.29, 0.717) is 6.04 Å². The fourth-order valence-electron chi connectivity index (χ4n) is 3.06. The number of hydrogen-bond acceptors (Lipinski definition) is 3. The molecule has 0 aromatic heterocycles. The van der Waals surface area contributed by atoms with Crippen LogP contribution in [0.4, 0.5) is 0 Å². The van der Waals surface area contributed by atoms with Gasteiger partial charge in [-0.25, -0.2) is 0 Å². The molecule has 3 N–H and O–H groups in total. The van der Waals surface area contributed by atoms with E-state index in [2.05, 4.69) is 37.9 Å². The maximum atomic E-state index is 11.8. The van der Waals surface area contributed by atoms with Crippen molar-refractivity contribution in [3.63, 3.8) is 0 Å². The van der Waals surface area contributed by atoms with Crippen molar-refractivity contribution in [2.75, 3.05) is 13.1 Å². The van der Waals surface area contributed by atoms with Crippen LogP contribution in [0, 0.1) is 5.92 Å². The monoisotopic (exact) mass is 269 g/mol. The molecule has 1 heterocycles. The van der Waals surface area contributed by atoms with E-state index in [1.165, 1.54) is 12.8 Å². The zero-order valence-electron chi connectivity index (χ0n) is 13.2. The van der Waals surface area contributed by atoms with Crippen LogP contribution in [-0.2, 0) is 4.79 Å². The summed E-state index contributed by atoms with van der Waals surface area (Å²) < 4.78 is 0. The molecule has 0 aliphatic carbocycles. The lowest BCUT2D eigenvalue weighted by Gasteiger charge is -2.39. The Labute approximate surface area is 118 Å². The second kappa shape index (κ2) is 6.71. The molecular weight excluding hydrogens is 238 g/mol. The number of piperidine rings is 1. The van der Waals surface area contributed by atoms with Crippen molar-refractivity contribution in [1.82, 2.24) is 10.2 Å². The lowest BCUT2D eigenvalue weighted by atomic mass is 9.89. The van der Waals surface area contributed by atoms with Gasteiger partial charge in [0.25, 0.3) is 0 Å². The maximum absolute atomic E-state index is 11.8. The first-order valence-electron chi connectivity index (χ1n) is 7.56. The number of amides is 1. The fourth-order valence-corrected chi connectivity index (χ4v) is 3.06. The molecule has 0 radical (unpaired) electrons. The van der Waals surface area contributed by atoms with E-state index < -0.39 is 5.54 Å². The standard InChI is InChI=1S/C15H31N3O/c1-11(2)17-15(5,14(16)19)10-13(4)18-8-6-12(3)7-9-18/h11-13,17H,6-10H2,1-5H3,(H2,16,19). The Balaban J connectivity index is 2.61. The van der Waals surface area contributed by atoms with Crippen molar-refractivity contribution < 1.29 is 4.79 Å². The molecule has 0 bridgehead atoms. The quantitative estimate of drug-likeness (QED) is 0.772. The van der Waals surface area contributed by atoms with E-state index in [-0.39, 0.29) is 11.9 Å². The Morgan fingerprint density at radius 3 is 2.32 bits per heavy atom. The molecule has 0 spiro atoms. The van der Waals surface area contributed by atoms with Gasteiger partial charge in [0.1, 0.15) is 0 Å². The molecule has 1 amide bonds. The number of nitrogens with one attached hydrogen (secondary N) is 1. The van der Waals surface area contributed by atoms with Gasteiger partial charge in [-0.3, -0.25) is 4.79 Å². The normalized spacial score (nSPS) is 23.3. The molecular formula is C15H31N3O. The molecule has 0 aromatic carbocycles. The number of likely N-dealkylation sites (tertiary alicyclic amines) is 1. The minimum atomic E-state index is -0.614. The molecule has 4 nitrogen and oxygen atoms in total. The van der Waals surface area contributed by atoms with Gasteiger partial charge < -0.3 is 16.0 Å². The summed E-state index contributed by atoms with van der Waals surface area (Å²) in [6.45, 7) is 12.8. The van der Waals surface area contributed by atoms with Gasteiger partial charge in [0.05, 0.1) is 5.54 Å². The number of carbonyl (C=O) groups is 1. The van der Waals surface area contributed by atoms with Crippen LogP contribution in [0.1, 0.15) is 53.9 Å². The van der Waals surface area contributed by atoms with E-state index in [0.717, 1.165) is 25.4 Å².